The average Bonchev–Trinajstić information content (AvgIpc) is 2.86. The van der Waals surface area contributed by atoms with E-state index in [9.17, 15) is 9.59 Å². The second-order valence-electron chi connectivity index (χ2n) is 5.62. The lowest BCUT2D eigenvalue weighted by Crippen LogP contribution is -2.39. The number of aliphatic carboxylic acids is 1. The maximum absolute atomic E-state index is 12.0. The Balaban J connectivity index is 2.42. The summed E-state index contributed by atoms with van der Waals surface area (Å²) in [6, 6.07) is -0.206. The lowest BCUT2D eigenvalue weighted by molar-refractivity contribution is -0.138. The van der Waals surface area contributed by atoms with E-state index in [1.54, 1.807) is 17.5 Å². The fourth-order valence-electron chi connectivity index (χ4n) is 2.15. The molecule has 0 fully saturated rings. The second kappa shape index (κ2) is 8.61. The fourth-order valence-corrected chi connectivity index (χ4v) is 2.70. The Morgan fingerprint density at radius 1 is 1.48 bits per heavy atom. The Morgan fingerprint density at radius 2 is 2.19 bits per heavy atom. The van der Waals surface area contributed by atoms with E-state index in [4.69, 9.17) is 5.11 Å². The van der Waals surface area contributed by atoms with Crippen LogP contribution in [-0.4, -0.2) is 40.6 Å². The Morgan fingerprint density at radius 3 is 2.71 bits per heavy atom. The maximum atomic E-state index is 12.0. The number of hydrogen-bond donors (Lipinski definition) is 2. The van der Waals surface area contributed by atoms with Gasteiger partial charge in [-0.25, -0.2) is 9.78 Å². The molecule has 0 spiro atoms. The topological polar surface area (TPSA) is 82.5 Å². The molecule has 0 saturated carbocycles. The summed E-state index contributed by atoms with van der Waals surface area (Å²) in [4.78, 5) is 28.5. The smallest absolute Gasteiger partial charge is 0.317 e. The molecule has 0 bridgehead atoms. The van der Waals surface area contributed by atoms with Crippen molar-refractivity contribution < 1.29 is 14.7 Å². The van der Waals surface area contributed by atoms with E-state index in [2.05, 4.69) is 10.3 Å². The molecular weight excluding hydrogens is 290 g/mol. The van der Waals surface area contributed by atoms with Gasteiger partial charge in [0.2, 0.25) is 0 Å². The number of aromatic nitrogens is 1. The summed E-state index contributed by atoms with van der Waals surface area (Å²) in [5, 5.41) is 13.6. The molecule has 1 heterocycles. The Hall–Kier alpha value is -1.63. The number of hydrogen-bond acceptors (Lipinski definition) is 4. The molecule has 0 aromatic carbocycles. The predicted molar refractivity (Wildman–Crippen MR) is 82.2 cm³/mol. The third-order valence-electron chi connectivity index (χ3n) is 3.04. The van der Waals surface area contributed by atoms with Crippen LogP contribution in [0.3, 0.4) is 0 Å². The molecule has 0 saturated heterocycles. The van der Waals surface area contributed by atoms with Crippen LogP contribution in [0.5, 0.6) is 0 Å². The van der Waals surface area contributed by atoms with Gasteiger partial charge < -0.3 is 15.3 Å². The first-order valence-electron chi connectivity index (χ1n) is 6.96. The maximum Gasteiger partial charge on any atom is 0.317 e. The zero-order chi connectivity index (χ0) is 15.8. The third-order valence-corrected chi connectivity index (χ3v) is 3.67. The molecule has 2 N–H and O–H groups in total. The minimum absolute atomic E-state index is 0.0425. The summed E-state index contributed by atoms with van der Waals surface area (Å²) in [7, 11) is 1.70. The van der Waals surface area contributed by atoms with Gasteiger partial charge in [0.25, 0.3) is 0 Å². The van der Waals surface area contributed by atoms with Gasteiger partial charge in [-0.1, -0.05) is 13.8 Å². The van der Waals surface area contributed by atoms with Crippen LogP contribution < -0.4 is 5.32 Å². The molecule has 0 aliphatic rings. The van der Waals surface area contributed by atoms with Crippen LogP contribution >= 0.6 is 11.3 Å². The van der Waals surface area contributed by atoms with Crippen molar-refractivity contribution in [3.8, 4) is 0 Å². The number of thiazole rings is 1. The van der Waals surface area contributed by atoms with Gasteiger partial charge in [0.1, 0.15) is 0 Å². The normalized spacial score (nSPS) is 12.2. The highest BCUT2D eigenvalue weighted by Crippen LogP contribution is 2.15. The molecule has 6 nitrogen and oxygen atoms in total. The van der Waals surface area contributed by atoms with Gasteiger partial charge in [0.15, 0.2) is 0 Å². The first kappa shape index (κ1) is 17.4. The monoisotopic (exact) mass is 313 g/mol. The van der Waals surface area contributed by atoms with Gasteiger partial charge in [-0.15, -0.1) is 11.3 Å². The molecule has 21 heavy (non-hydrogen) atoms. The van der Waals surface area contributed by atoms with Crippen molar-refractivity contribution in [2.75, 3.05) is 13.6 Å². The third kappa shape index (κ3) is 7.08. The van der Waals surface area contributed by atoms with Crippen molar-refractivity contribution in [2.24, 2.45) is 11.8 Å². The SMILES string of the molecule is CC(C)C[C@H](CNC(=O)N(C)Cc1cscn1)CC(=O)O. The number of rotatable bonds is 8. The molecule has 1 aromatic heterocycles. The van der Waals surface area contributed by atoms with Gasteiger partial charge in [-0.05, 0) is 18.3 Å². The number of nitrogens with zero attached hydrogens (tertiary/aromatic N) is 2. The number of carboxylic acids is 1. The summed E-state index contributed by atoms with van der Waals surface area (Å²) in [6.07, 6.45) is 0.858. The number of carbonyl (C=O) groups excluding carboxylic acids is 1. The Kier molecular flexibility index (Phi) is 7.14. The summed E-state index contributed by atoms with van der Waals surface area (Å²) in [6.45, 7) is 4.92. The van der Waals surface area contributed by atoms with Gasteiger partial charge >= 0.3 is 12.0 Å². The standard InChI is InChI=1S/C14H23N3O3S/c1-10(2)4-11(5-13(18)19)6-15-14(20)17(3)7-12-8-21-9-16-12/h8-11H,4-7H2,1-3H3,(H,15,20)(H,18,19)/t11-/m0/s1. The molecule has 1 rings (SSSR count). The van der Waals surface area contributed by atoms with Gasteiger partial charge in [0, 0.05) is 25.4 Å². The Labute approximate surface area is 129 Å². The van der Waals surface area contributed by atoms with Crippen molar-refractivity contribution in [3.63, 3.8) is 0 Å². The number of amides is 2. The lowest BCUT2D eigenvalue weighted by Gasteiger charge is -2.21. The van der Waals surface area contributed by atoms with Crippen molar-refractivity contribution in [3.05, 3.63) is 16.6 Å². The van der Waals surface area contributed by atoms with Crippen molar-refractivity contribution in [1.29, 1.82) is 0 Å². The molecular formula is C14H23N3O3S. The molecule has 0 radical (unpaired) electrons. The highest BCUT2D eigenvalue weighted by Gasteiger charge is 2.17. The fraction of sp³-hybridized carbons (Fsp3) is 0.643. The quantitative estimate of drug-likeness (QED) is 0.772. The van der Waals surface area contributed by atoms with Crippen LogP contribution in [0.1, 0.15) is 32.4 Å². The zero-order valence-electron chi connectivity index (χ0n) is 12.7. The largest absolute Gasteiger partial charge is 0.481 e. The molecule has 0 unspecified atom stereocenters. The molecule has 7 heteroatoms. The zero-order valence-corrected chi connectivity index (χ0v) is 13.5. The summed E-state index contributed by atoms with van der Waals surface area (Å²) in [5.41, 5.74) is 2.58. The summed E-state index contributed by atoms with van der Waals surface area (Å²) < 4.78 is 0. The van der Waals surface area contributed by atoms with Gasteiger partial charge in [0.05, 0.1) is 17.7 Å². The average molecular weight is 313 g/mol. The van der Waals surface area contributed by atoms with Gasteiger partial charge in [-0.3, -0.25) is 4.79 Å². The van der Waals surface area contributed by atoms with Crippen LogP contribution in [-0.2, 0) is 11.3 Å². The number of nitrogens with one attached hydrogen (secondary N) is 1. The number of carbonyl (C=O) groups is 2. The van der Waals surface area contributed by atoms with Crippen LogP contribution in [0.15, 0.2) is 10.9 Å². The van der Waals surface area contributed by atoms with E-state index in [0.717, 1.165) is 12.1 Å². The first-order valence-corrected chi connectivity index (χ1v) is 7.90. The van der Waals surface area contributed by atoms with Gasteiger partial charge in [-0.2, -0.15) is 0 Å². The Bertz CT molecular complexity index is 448. The van der Waals surface area contributed by atoms with E-state index < -0.39 is 5.97 Å². The van der Waals surface area contributed by atoms with E-state index in [-0.39, 0.29) is 18.4 Å². The second-order valence-corrected chi connectivity index (χ2v) is 6.33. The van der Waals surface area contributed by atoms with Crippen molar-refractivity contribution in [1.82, 2.24) is 15.2 Å². The van der Waals surface area contributed by atoms with Crippen LogP contribution in [0.2, 0.25) is 0 Å². The molecule has 0 aliphatic heterocycles. The number of carboxylic acid groups (broad SMARTS) is 1. The van der Waals surface area contributed by atoms with E-state index in [1.165, 1.54) is 11.3 Å². The molecule has 118 valence electrons. The predicted octanol–water partition coefficient (Wildman–Crippen LogP) is 2.42. The molecule has 0 aliphatic carbocycles. The van der Waals surface area contributed by atoms with Crippen LogP contribution in [0, 0.1) is 11.8 Å². The molecule has 1 atom stereocenters. The molecule has 1 aromatic rings. The first-order chi connectivity index (χ1) is 9.88. The highest BCUT2D eigenvalue weighted by molar-refractivity contribution is 7.07. The van der Waals surface area contributed by atoms with Crippen molar-refractivity contribution >= 4 is 23.3 Å². The summed E-state index contributed by atoms with van der Waals surface area (Å²) in [5.74, 6) is -0.469. The summed E-state index contributed by atoms with van der Waals surface area (Å²) >= 11 is 1.49. The number of urea groups is 1. The highest BCUT2D eigenvalue weighted by atomic mass is 32.1. The minimum atomic E-state index is -0.828. The van der Waals surface area contributed by atoms with E-state index in [1.807, 2.05) is 19.2 Å². The van der Waals surface area contributed by atoms with Crippen LogP contribution in [0.4, 0.5) is 4.79 Å². The van der Waals surface area contributed by atoms with E-state index >= 15 is 0 Å². The molecule has 2 amide bonds. The van der Waals surface area contributed by atoms with Crippen molar-refractivity contribution in [2.45, 2.75) is 33.2 Å². The van der Waals surface area contributed by atoms with E-state index in [0.29, 0.717) is 19.0 Å². The minimum Gasteiger partial charge on any atom is -0.481 e. The lowest BCUT2D eigenvalue weighted by atomic mass is 9.94. The van der Waals surface area contributed by atoms with Crippen LogP contribution in [0.25, 0.3) is 0 Å².